The molecule has 63 heavy (non-hydrogen) atoms. The zero-order chi connectivity index (χ0) is 41.6. The van der Waals surface area contributed by atoms with Crippen LogP contribution in [-0.2, 0) is 0 Å². The van der Waals surface area contributed by atoms with Crippen LogP contribution in [0.3, 0.4) is 0 Å². The van der Waals surface area contributed by atoms with Gasteiger partial charge in [-0.05, 0) is 111 Å². The van der Waals surface area contributed by atoms with E-state index in [9.17, 15) is 0 Å². The van der Waals surface area contributed by atoms with Crippen LogP contribution in [0.15, 0.2) is 199 Å². The molecule has 1 radical (unpaired) electrons. The number of fused-ring (bicyclic) bond motifs is 10. The Balaban J connectivity index is 1.07. The fourth-order valence-electron chi connectivity index (χ4n) is 9.64. The average Bonchev–Trinajstić information content (AvgIpc) is 3.72. The lowest BCUT2D eigenvalue weighted by molar-refractivity contribution is 0.360. The van der Waals surface area contributed by atoms with E-state index in [2.05, 4.69) is 182 Å². The first-order valence-corrected chi connectivity index (χ1v) is 21.3. The van der Waals surface area contributed by atoms with Crippen molar-refractivity contribution in [2.24, 2.45) is 0 Å². The van der Waals surface area contributed by atoms with Crippen LogP contribution in [0.5, 0.6) is 23.0 Å². The van der Waals surface area contributed by atoms with Crippen molar-refractivity contribution in [3.8, 4) is 45.3 Å². The van der Waals surface area contributed by atoms with Crippen molar-refractivity contribution in [3.05, 3.63) is 200 Å². The van der Waals surface area contributed by atoms with Gasteiger partial charge in [-0.3, -0.25) is 0 Å². The number of para-hydroxylation sites is 4. The van der Waals surface area contributed by atoms with E-state index in [1.165, 1.54) is 11.1 Å². The molecule has 0 spiro atoms. The molecule has 295 valence electrons. The number of nitrogens with zero attached hydrogens (tertiary/aromatic N) is 1. The van der Waals surface area contributed by atoms with E-state index >= 15 is 0 Å². The van der Waals surface area contributed by atoms with Gasteiger partial charge >= 0.3 is 0 Å². The summed E-state index contributed by atoms with van der Waals surface area (Å²) in [5.74, 6) is 2.75. The average molecular weight is 808 g/mol. The Morgan fingerprint density at radius 3 is 1.94 bits per heavy atom. The van der Waals surface area contributed by atoms with Gasteiger partial charge in [0.15, 0.2) is 35.9 Å². The molecule has 13 rings (SSSR count). The van der Waals surface area contributed by atoms with Gasteiger partial charge in [0.05, 0.1) is 5.69 Å². The summed E-state index contributed by atoms with van der Waals surface area (Å²) < 4.78 is 19.7. The Labute approximate surface area is 364 Å². The molecule has 0 saturated carbocycles. The number of nitrogens with one attached hydrogen (secondary N) is 1. The molecule has 6 heteroatoms. The summed E-state index contributed by atoms with van der Waals surface area (Å²) in [7, 11) is 2.33. The number of ether oxygens (including phenoxy) is 2. The summed E-state index contributed by atoms with van der Waals surface area (Å²) in [5.41, 5.74) is 14.6. The molecule has 2 aliphatic heterocycles. The molecule has 3 heterocycles. The molecule has 0 bridgehead atoms. The van der Waals surface area contributed by atoms with Gasteiger partial charge < -0.3 is 24.1 Å². The third-order valence-corrected chi connectivity index (χ3v) is 12.6. The van der Waals surface area contributed by atoms with E-state index in [1.807, 2.05) is 36.4 Å². The summed E-state index contributed by atoms with van der Waals surface area (Å²) in [5, 5.41) is 10.7. The van der Waals surface area contributed by atoms with Gasteiger partial charge in [0.25, 0.3) is 0 Å². The topological polar surface area (TPSA) is 46.9 Å². The summed E-state index contributed by atoms with van der Waals surface area (Å²) in [6.07, 6.45) is 0. The summed E-state index contributed by atoms with van der Waals surface area (Å²) in [6.45, 7) is 2.21. The largest absolute Gasteiger partial charge is 0.454 e. The molecule has 1 N–H and O–H groups in total. The molecule has 0 fully saturated rings. The molecule has 0 amide bonds. The molecule has 10 aromatic carbocycles. The molecule has 0 saturated heterocycles. The lowest BCUT2D eigenvalue weighted by Gasteiger charge is -2.38. The standard InChI is InChI=1S/C57H36BN2O3/c1-34-28-38(35-14-3-2-4-15-35)26-27-48(34)60-49-33-54-53(61-51-24-11-12-25-52(51)62-54)32-45(49)58-55-44(30-39-18-7-8-19-40(39)56(55)60)43-29-36-16-5-6-17-37(36)31-47(43)59-46-22-13-21-42-41-20-9-10-23-50(41)63-57(42)46/h2-33,59H,1H3. The Morgan fingerprint density at radius 1 is 0.460 bits per heavy atom. The van der Waals surface area contributed by atoms with E-state index in [-0.39, 0.29) is 0 Å². The summed E-state index contributed by atoms with van der Waals surface area (Å²) in [4.78, 5) is 2.44. The maximum atomic E-state index is 6.58. The number of benzene rings is 10. The van der Waals surface area contributed by atoms with Crippen molar-refractivity contribution in [1.82, 2.24) is 0 Å². The van der Waals surface area contributed by atoms with Crippen LogP contribution >= 0.6 is 0 Å². The van der Waals surface area contributed by atoms with E-state index in [0.717, 1.165) is 99.5 Å². The fourth-order valence-corrected chi connectivity index (χ4v) is 9.64. The third-order valence-electron chi connectivity index (χ3n) is 12.6. The van der Waals surface area contributed by atoms with E-state index in [0.29, 0.717) is 23.0 Å². The first kappa shape index (κ1) is 35.5. The number of hydrogen-bond donors (Lipinski definition) is 1. The van der Waals surface area contributed by atoms with Crippen LogP contribution in [0.25, 0.3) is 65.7 Å². The van der Waals surface area contributed by atoms with Crippen LogP contribution in [0.2, 0.25) is 0 Å². The predicted molar refractivity (Wildman–Crippen MR) is 260 cm³/mol. The number of rotatable bonds is 5. The molecule has 1 aromatic heterocycles. The quantitative estimate of drug-likeness (QED) is 0.176. The molecule has 11 aromatic rings. The normalized spacial score (nSPS) is 12.6. The molecule has 0 unspecified atom stereocenters. The van der Waals surface area contributed by atoms with E-state index < -0.39 is 0 Å². The van der Waals surface area contributed by atoms with Gasteiger partial charge in [-0.25, -0.2) is 0 Å². The van der Waals surface area contributed by atoms with E-state index in [4.69, 9.17) is 13.9 Å². The van der Waals surface area contributed by atoms with Gasteiger partial charge in [0.2, 0.25) is 0 Å². The highest BCUT2D eigenvalue weighted by molar-refractivity contribution is 6.74. The van der Waals surface area contributed by atoms with Crippen LogP contribution in [0.4, 0.5) is 28.4 Å². The van der Waals surface area contributed by atoms with Crippen LogP contribution < -0.4 is 30.6 Å². The smallest absolute Gasteiger partial charge is 0.198 e. The van der Waals surface area contributed by atoms with Crippen LogP contribution in [-0.4, -0.2) is 7.28 Å². The first-order chi connectivity index (χ1) is 31.1. The van der Waals surface area contributed by atoms with Gasteiger partial charge in [-0.1, -0.05) is 133 Å². The predicted octanol–water partition coefficient (Wildman–Crippen LogP) is 14.6. The second-order valence-electron chi connectivity index (χ2n) is 16.4. The van der Waals surface area contributed by atoms with E-state index in [1.54, 1.807) is 0 Å². The Hall–Kier alpha value is -8.22. The Bertz CT molecular complexity index is 3670. The lowest BCUT2D eigenvalue weighted by atomic mass is 9.57. The van der Waals surface area contributed by atoms with Crippen molar-refractivity contribution >= 4 is 90.1 Å². The maximum Gasteiger partial charge on any atom is 0.198 e. The van der Waals surface area contributed by atoms with Crippen molar-refractivity contribution < 1.29 is 13.9 Å². The number of aryl methyl sites for hydroxylation is 1. The highest BCUT2D eigenvalue weighted by atomic mass is 16.6. The van der Waals surface area contributed by atoms with Gasteiger partial charge in [-0.2, -0.15) is 0 Å². The minimum Gasteiger partial charge on any atom is -0.454 e. The second-order valence-corrected chi connectivity index (χ2v) is 16.4. The minimum absolute atomic E-state index is 0.675. The molecule has 2 aliphatic rings. The van der Waals surface area contributed by atoms with Crippen molar-refractivity contribution in [1.29, 1.82) is 0 Å². The van der Waals surface area contributed by atoms with Gasteiger partial charge in [-0.15, -0.1) is 0 Å². The fraction of sp³-hybridized carbons (Fsp3) is 0.0175. The second kappa shape index (κ2) is 13.9. The minimum atomic E-state index is 0.675. The third kappa shape index (κ3) is 5.72. The highest BCUT2D eigenvalue weighted by Gasteiger charge is 2.33. The van der Waals surface area contributed by atoms with Gasteiger partial charge in [0, 0.05) is 50.5 Å². The zero-order valence-electron chi connectivity index (χ0n) is 34.2. The molecular formula is C57H36BN2O3. The van der Waals surface area contributed by atoms with Gasteiger partial charge in [0.1, 0.15) is 5.58 Å². The molecular weight excluding hydrogens is 771 g/mol. The van der Waals surface area contributed by atoms with Crippen molar-refractivity contribution in [2.75, 3.05) is 10.2 Å². The Morgan fingerprint density at radius 2 is 1.13 bits per heavy atom. The van der Waals surface area contributed by atoms with Crippen molar-refractivity contribution in [2.45, 2.75) is 6.92 Å². The SMILES string of the molecule is Cc1cc(-c2ccccc2)ccc1N1c2cc3c(cc2[B]c2c(-c4cc5ccccc5cc4Nc4cccc5c4oc4ccccc45)cc4ccccc4c21)Oc1ccccc1O3. The summed E-state index contributed by atoms with van der Waals surface area (Å²) in [6, 6.07) is 68.3. The maximum absolute atomic E-state index is 6.58. The summed E-state index contributed by atoms with van der Waals surface area (Å²) >= 11 is 0. The monoisotopic (exact) mass is 807 g/mol. The lowest BCUT2D eigenvalue weighted by Crippen LogP contribution is -2.41. The van der Waals surface area contributed by atoms with Crippen LogP contribution in [0, 0.1) is 6.92 Å². The molecule has 0 atom stereocenters. The Kier molecular flexibility index (Phi) is 7.85. The zero-order valence-corrected chi connectivity index (χ0v) is 34.2. The molecule has 5 nitrogen and oxygen atoms in total. The molecule has 0 aliphatic carbocycles. The van der Waals surface area contributed by atoms with Crippen molar-refractivity contribution in [3.63, 3.8) is 0 Å². The number of hydrogen-bond acceptors (Lipinski definition) is 5. The number of furan rings is 1. The van der Waals surface area contributed by atoms with Crippen LogP contribution in [0.1, 0.15) is 5.56 Å². The highest BCUT2D eigenvalue weighted by Crippen LogP contribution is 2.50. The number of anilines is 5. The first-order valence-electron chi connectivity index (χ1n) is 21.3.